The zero-order valence-electron chi connectivity index (χ0n) is 11.6. The van der Waals surface area contributed by atoms with E-state index in [0.717, 1.165) is 24.2 Å². The quantitative estimate of drug-likeness (QED) is 0.878. The van der Waals surface area contributed by atoms with E-state index in [9.17, 15) is 9.59 Å². The Morgan fingerprint density at radius 2 is 2.25 bits per heavy atom. The Kier molecular flexibility index (Phi) is 4.74. The molecule has 0 radical (unpaired) electrons. The van der Waals surface area contributed by atoms with Gasteiger partial charge in [0, 0.05) is 12.2 Å². The van der Waals surface area contributed by atoms with Crippen molar-refractivity contribution in [1.29, 1.82) is 0 Å². The predicted molar refractivity (Wildman–Crippen MR) is 76.6 cm³/mol. The number of nitrogens with one attached hydrogen (secondary N) is 1. The van der Waals surface area contributed by atoms with Crippen molar-refractivity contribution in [3.8, 4) is 0 Å². The zero-order valence-corrected chi connectivity index (χ0v) is 11.6. The average Bonchev–Trinajstić information content (AvgIpc) is 2.38. The molecule has 20 heavy (non-hydrogen) atoms. The molecule has 0 aromatic heterocycles. The summed E-state index contributed by atoms with van der Waals surface area (Å²) in [6, 6.07) is 7.62. The lowest BCUT2D eigenvalue weighted by Crippen LogP contribution is -2.42. The summed E-state index contributed by atoms with van der Waals surface area (Å²) >= 11 is 0. The zero-order chi connectivity index (χ0) is 14.5. The van der Waals surface area contributed by atoms with Crippen molar-refractivity contribution in [2.75, 3.05) is 25.0 Å². The molecule has 0 spiro atoms. The summed E-state index contributed by atoms with van der Waals surface area (Å²) < 4.78 is 0. The molecular weight excluding hydrogens is 256 g/mol. The largest absolute Gasteiger partial charge is 0.481 e. The van der Waals surface area contributed by atoms with Crippen LogP contribution in [0.5, 0.6) is 0 Å². The van der Waals surface area contributed by atoms with Crippen LogP contribution in [0.2, 0.25) is 0 Å². The second kappa shape index (κ2) is 6.52. The van der Waals surface area contributed by atoms with E-state index in [-0.39, 0.29) is 18.4 Å². The van der Waals surface area contributed by atoms with E-state index in [2.05, 4.69) is 5.32 Å². The molecule has 5 heteroatoms. The van der Waals surface area contributed by atoms with Gasteiger partial charge >= 0.3 is 5.97 Å². The van der Waals surface area contributed by atoms with Crippen LogP contribution >= 0.6 is 0 Å². The van der Waals surface area contributed by atoms with Gasteiger partial charge in [0.05, 0.1) is 12.5 Å². The maximum atomic E-state index is 12.0. The van der Waals surface area contributed by atoms with Crippen LogP contribution in [0.3, 0.4) is 0 Å². The SMILES string of the molecule is Cc1cccc(NC(=O)CN2CCCC(C(=O)O)C2)c1. The molecule has 2 N–H and O–H groups in total. The standard InChI is InChI=1S/C15H20N2O3/c1-11-4-2-6-13(8-11)16-14(18)10-17-7-3-5-12(9-17)15(19)20/h2,4,6,8,12H,3,5,7,9-10H2,1H3,(H,16,18)(H,19,20). The van der Waals surface area contributed by atoms with Gasteiger partial charge in [0.25, 0.3) is 0 Å². The molecule has 1 fully saturated rings. The first-order chi connectivity index (χ1) is 9.54. The van der Waals surface area contributed by atoms with E-state index in [1.54, 1.807) is 0 Å². The van der Waals surface area contributed by atoms with Gasteiger partial charge in [-0.3, -0.25) is 14.5 Å². The van der Waals surface area contributed by atoms with E-state index in [0.29, 0.717) is 13.0 Å². The van der Waals surface area contributed by atoms with Crippen molar-refractivity contribution in [3.63, 3.8) is 0 Å². The summed E-state index contributed by atoms with van der Waals surface area (Å²) in [4.78, 5) is 24.9. The Morgan fingerprint density at radius 3 is 2.95 bits per heavy atom. The molecule has 1 amide bonds. The summed E-state index contributed by atoms with van der Waals surface area (Å²) in [5, 5.41) is 11.9. The van der Waals surface area contributed by atoms with Gasteiger partial charge in [0.2, 0.25) is 5.91 Å². The number of anilines is 1. The number of carboxylic acids is 1. The molecule has 0 aliphatic carbocycles. The summed E-state index contributed by atoms with van der Waals surface area (Å²) in [5.41, 5.74) is 1.87. The van der Waals surface area contributed by atoms with Gasteiger partial charge in [-0.05, 0) is 44.0 Å². The van der Waals surface area contributed by atoms with Crippen LogP contribution in [-0.2, 0) is 9.59 Å². The molecule has 1 atom stereocenters. The van der Waals surface area contributed by atoms with Crippen molar-refractivity contribution in [2.45, 2.75) is 19.8 Å². The van der Waals surface area contributed by atoms with E-state index in [4.69, 9.17) is 5.11 Å². The first-order valence-corrected chi connectivity index (χ1v) is 6.86. The van der Waals surface area contributed by atoms with Gasteiger partial charge in [-0.2, -0.15) is 0 Å². The molecule has 1 aromatic carbocycles. The van der Waals surface area contributed by atoms with Gasteiger partial charge in [-0.15, -0.1) is 0 Å². The van der Waals surface area contributed by atoms with Crippen LogP contribution in [-0.4, -0.2) is 41.5 Å². The normalized spacial score (nSPS) is 19.6. The molecule has 1 unspecified atom stereocenters. The smallest absolute Gasteiger partial charge is 0.307 e. The number of carbonyl (C=O) groups excluding carboxylic acids is 1. The molecule has 1 heterocycles. The van der Waals surface area contributed by atoms with Crippen LogP contribution in [0.15, 0.2) is 24.3 Å². The number of amides is 1. The number of hydrogen-bond acceptors (Lipinski definition) is 3. The molecule has 2 rings (SSSR count). The van der Waals surface area contributed by atoms with Crippen molar-refractivity contribution in [3.05, 3.63) is 29.8 Å². The van der Waals surface area contributed by atoms with Crippen molar-refractivity contribution in [1.82, 2.24) is 4.90 Å². The third-order valence-electron chi connectivity index (χ3n) is 3.52. The number of benzene rings is 1. The number of hydrogen-bond donors (Lipinski definition) is 2. The molecule has 5 nitrogen and oxygen atoms in total. The average molecular weight is 276 g/mol. The second-order valence-electron chi connectivity index (χ2n) is 5.33. The first kappa shape index (κ1) is 14.5. The summed E-state index contributed by atoms with van der Waals surface area (Å²) in [6.07, 6.45) is 1.53. The van der Waals surface area contributed by atoms with E-state index in [1.807, 2.05) is 36.1 Å². The molecule has 1 aliphatic heterocycles. The Bertz CT molecular complexity index is 502. The van der Waals surface area contributed by atoms with Gasteiger partial charge < -0.3 is 10.4 Å². The molecule has 0 bridgehead atoms. The highest BCUT2D eigenvalue weighted by molar-refractivity contribution is 5.92. The minimum absolute atomic E-state index is 0.0957. The Balaban J connectivity index is 1.86. The highest BCUT2D eigenvalue weighted by Crippen LogP contribution is 2.16. The van der Waals surface area contributed by atoms with Crippen molar-refractivity contribution >= 4 is 17.6 Å². The third kappa shape index (κ3) is 4.06. The molecular formula is C15H20N2O3. The Hall–Kier alpha value is -1.88. The number of piperidine rings is 1. The number of nitrogens with zero attached hydrogens (tertiary/aromatic N) is 1. The first-order valence-electron chi connectivity index (χ1n) is 6.86. The maximum absolute atomic E-state index is 12.0. The maximum Gasteiger partial charge on any atom is 0.307 e. The molecule has 1 aromatic rings. The van der Waals surface area contributed by atoms with E-state index >= 15 is 0 Å². The number of carboxylic acid groups (broad SMARTS) is 1. The predicted octanol–water partition coefficient (Wildman–Crippen LogP) is 1.73. The van der Waals surface area contributed by atoms with E-state index in [1.165, 1.54) is 0 Å². The topological polar surface area (TPSA) is 69.6 Å². The Labute approximate surface area is 118 Å². The number of rotatable bonds is 4. The van der Waals surface area contributed by atoms with Gasteiger partial charge in [-0.25, -0.2) is 0 Å². The van der Waals surface area contributed by atoms with Gasteiger partial charge in [0.15, 0.2) is 0 Å². The monoisotopic (exact) mass is 276 g/mol. The Morgan fingerprint density at radius 1 is 1.45 bits per heavy atom. The molecule has 1 aliphatic rings. The van der Waals surface area contributed by atoms with Crippen molar-refractivity contribution in [2.24, 2.45) is 5.92 Å². The van der Waals surface area contributed by atoms with Crippen LogP contribution < -0.4 is 5.32 Å². The van der Waals surface area contributed by atoms with Crippen molar-refractivity contribution < 1.29 is 14.7 Å². The molecule has 1 saturated heterocycles. The highest BCUT2D eigenvalue weighted by Gasteiger charge is 2.26. The number of aliphatic carboxylic acids is 1. The highest BCUT2D eigenvalue weighted by atomic mass is 16.4. The number of aryl methyl sites for hydroxylation is 1. The molecule has 108 valence electrons. The van der Waals surface area contributed by atoms with Gasteiger partial charge in [-0.1, -0.05) is 12.1 Å². The van der Waals surface area contributed by atoms with E-state index < -0.39 is 5.97 Å². The molecule has 0 saturated carbocycles. The fourth-order valence-corrected chi connectivity index (χ4v) is 2.53. The lowest BCUT2D eigenvalue weighted by Gasteiger charge is -2.29. The summed E-state index contributed by atoms with van der Waals surface area (Å²) in [6.45, 7) is 3.46. The number of carbonyl (C=O) groups is 2. The summed E-state index contributed by atoms with van der Waals surface area (Å²) in [7, 11) is 0. The van der Waals surface area contributed by atoms with Crippen LogP contribution in [0.4, 0.5) is 5.69 Å². The third-order valence-corrected chi connectivity index (χ3v) is 3.52. The lowest BCUT2D eigenvalue weighted by molar-refractivity contribution is -0.144. The second-order valence-corrected chi connectivity index (χ2v) is 5.33. The summed E-state index contributed by atoms with van der Waals surface area (Å²) in [5.74, 6) is -1.22. The van der Waals surface area contributed by atoms with Crippen LogP contribution in [0.1, 0.15) is 18.4 Å². The number of likely N-dealkylation sites (tertiary alicyclic amines) is 1. The minimum atomic E-state index is -0.770. The van der Waals surface area contributed by atoms with Crippen LogP contribution in [0, 0.1) is 12.8 Å². The fraction of sp³-hybridized carbons (Fsp3) is 0.467. The fourth-order valence-electron chi connectivity index (χ4n) is 2.53. The minimum Gasteiger partial charge on any atom is -0.481 e. The lowest BCUT2D eigenvalue weighted by atomic mass is 9.98. The van der Waals surface area contributed by atoms with Gasteiger partial charge in [0.1, 0.15) is 0 Å². The van der Waals surface area contributed by atoms with Crippen LogP contribution in [0.25, 0.3) is 0 Å².